The van der Waals surface area contributed by atoms with E-state index in [2.05, 4.69) is 55.3 Å². The summed E-state index contributed by atoms with van der Waals surface area (Å²) < 4.78 is 0. The van der Waals surface area contributed by atoms with Gasteiger partial charge in [0.1, 0.15) is 0 Å². The highest BCUT2D eigenvalue weighted by molar-refractivity contribution is 5.56. The Hall–Kier alpha value is -1.53. The predicted molar refractivity (Wildman–Crippen MR) is 79.4 cm³/mol. The first kappa shape index (κ1) is 13.9. The molecule has 1 aromatic rings. The molecule has 19 heavy (non-hydrogen) atoms. The molecule has 3 nitrogen and oxygen atoms in total. The van der Waals surface area contributed by atoms with Gasteiger partial charge in [-0.15, -0.1) is 0 Å². The van der Waals surface area contributed by atoms with Gasteiger partial charge in [0.2, 0.25) is 0 Å². The fraction of sp³-hybridized carbons (Fsp3) is 0.562. The third kappa shape index (κ3) is 3.27. The second kappa shape index (κ2) is 6.08. The summed E-state index contributed by atoms with van der Waals surface area (Å²) in [5.41, 5.74) is 4.01. The van der Waals surface area contributed by atoms with Crippen molar-refractivity contribution < 1.29 is 0 Å². The van der Waals surface area contributed by atoms with Crippen LogP contribution in [0.25, 0.3) is 0 Å². The molecule has 0 saturated carbocycles. The molecule has 0 aliphatic carbocycles. The second-order valence-corrected chi connectivity index (χ2v) is 5.58. The van der Waals surface area contributed by atoms with Crippen LogP contribution in [0.5, 0.6) is 0 Å². The molecular formula is C16H23N3. The van der Waals surface area contributed by atoms with Crippen LogP contribution in [0.3, 0.4) is 0 Å². The minimum atomic E-state index is 0.266. The lowest BCUT2D eigenvalue weighted by molar-refractivity contribution is 0.473. The minimum Gasteiger partial charge on any atom is -0.370 e. The highest BCUT2D eigenvalue weighted by Gasteiger charge is 2.22. The fourth-order valence-electron chi connectivity index (χ4n) is 2.78. The summed E-state index contributed by atoms with van der Waals surface area (Å²) in [6.07, 6.45) is 1.70. The topological polar surface area (TPSA) is 39.1 Å². The van der Waals surface area contributed by atoms with E-state index in [0.717, 1.165) is 19.5 Å². The van der Waals surface area contributed by atoms with E-state index < -0.39 is 0 Å². The Kier molecular flexibility index (Phi) is 4.44. The quantitative estimate of drug-likeness (QED) is 0.885. The zero-order valence-corrected chi connectivity index (χ0v) is 12.1. The molecule has 3 heteroatoms. The predicted octanol–water partition coefficient (Wildman–Crippen LogP) is 2.77. The molecule has 0 spiro atoms. The summed E-state index contributed by atoms with van der Waals surface area (Å²) in [6, 6.07) is 9.52. The van der Waals surface area contributed by atoms with E-state index in [-0.39, 0.29) is 6.04 Å². The average Bonchev–Trinajstić information content (AvgIpc) is 2.55. The van der Waals surface area contributed by atoms with Crippen molar-refractivity contribution in [1.29, 1.82) is 5.26 Å². The van der Waals surface area contributed by atoms with Gasteiger partial charge in [-0.25, -0.2) is 0 Å². The Morgan fingerprint density at radius 1 is 1.42 bits per heavy atom. The molecule has 2 rings (SSSR count). The number of hydrogen-bond donors (Lipinski definition) is 1. The first-order valence-corrected chi connectivity index (χ1v) is 7.06. The SMILES string of the molecule is Cc1cccc(N2CCC(C)NC(CC#N)C2)c1C. The van der Waals surface area contributed by atoms with Crippen LogP contribution < -0.4 is 10.2 Å². The van der Waals surface area contributed by atoms with E-state index in [1.807, 2.05) is 0 Å². The summed E-state index contributed by atoms with van der Waals surface area (Å²) >= 11 is 0. The molecule has 2 atom stereocenters. The van der Waals surface area contributed by atoms with Gasteiger partial charge >= 0.3 is 0 Å². The van der Waals surface area contributed by atoms with E-state index in [4.69, 9.17) is 5.26 Å². The zero-order chi connectivity index (χ0) is 13.8. The number of nitrogens with one attached hydrogen (secondary N) is 1. The molecule has 1 N–H and O–H groups in total. The van der Waals surface area contributed by atoms with Gasteiger partial charge in [0, 0.05) is 30.9 Å². The van der Waals surface area contributed by atoms with E-state index in [9.17, 15) is 0 Å². The normalized spacial score (nSPS) is 23.8. The number of nitriles is 1. The Bertz CT molecular complexity index is 475. The second-order valence-electron chi connectivity index (χ2n) is 5.58. The number of anilines is 1. The number of rotatable bonds is 2. The maximum atomic E-state index is 8.94. The Labute approximate surface area is 116 Å². The fourth-order valence-corrected chi connectivity index (χ4v) is 2.78. The molecule has 1 aliphatic heterocycles. The molecule has 1 fully saturated rings. The van der Waals surface area contributed by atoms with Gasteiger partial charge in [0.25, 0.3) is 0 Å². The smallest absolute Gasteiger partial charge is 0.0638 e. The van der Waals surface area contributed by atoms with E-state index in [1.165, 1.54) is 16.8 Å². The lowest BCUT2D eigenvalue weighted by atomic mass is 10.1. The maximum Gasteiger partial charge on any atom is 0.0638 e. The van der Waals surface area contributed by atoms with Crippen LogP contribution >= 0.6 is 0 Å². The highest BCUT2D eigenvalue weighted by Crippen LogP contribution is 2.24. The lowest BCUT2D eigenvalue weighted by Gasteiger charge is -2.27. The van der Waals surface area contributed by atoms with E-state index in [1.54, 1.807) is 0 Å². The molecule has 1 aliphatic rings. The summed E-state index contributed by atoms with van der Waals surface area (Å²) in [5.74, 6) is 0. The van der Waals surface area contributed by atoms with Gasteiger partial charge < -0.3 is 10.2 Å². The van der Waals surface area contributed by atoms with E-state index in [0.29, 0.717) is 12.5 Å². The van der Waals surface area contributed by atoms with Gasteiger partial charge in [0.15, 0.2) is 0 Å². The molecule has 0 bridgehead atoms. The third-order valence-electron chi connectivity index (χ3n) is 4.05. The van der Waals surface area contributed by atoms with Crippen molar-refractivity contribution in [2.45, 2.75) is 45.7 Å². The molecule has 0 amide bonds. The first-order valence-electron chi connectivity index (χ1n) is 7.06. The first-order chi connectivity index (χ1) is 9.11. The molecule has 102 valence electrons. The average molecular weight is 257 g/mol. The summed E-state index contributed by atoms with van der Waals surface area (Å²) in [4.78, 5) is 2.43. The van der Waals surface area contributed by atoms with Crippen molar-refractivity contribution in [2.75, 3.05) is 18.0 Å². The molecule has 0 aromatic heterocycles. The molecule has 1 saturated heterocycles. The zero-order valence-electron chi connectivity index (χ0n) is 12.1. The Morgan fingerprint density at radius 2 is 2.21 bits per heavy atom. The van der Waals surface area contributed by atoms with Crippen molar-refractivity contribution in [3.63, 3.8) is 0 Å². The lowest BCUT2D eigenvalue weighted by Crippen LogP contribution is -2.40. The van der Waals surface area contributed by atoms with Crippen molar-refractivity contribution in [2.24, 2.45) is 0 Å². The summed E-state index contributed by atoms with van der Waals surface area (Å²) in [6.45, 7) is 8.52. The number of hydrogen-bond acceptors (Lipinski definition) is 3. The highest BCUT2D eigenvalue weighted by atomic mass is 15.2. The van der Waals surface area contributed by atoms with Crippen LogP contribution in [-0.2, 0) is 0 Å². The van der Waals surface area contributed by atoms with Gasteiger partial charge in [-0.05, 0) is 44.4 Å². The maximum absolute atomic E-state index is 8.94. The van der Waals surface area contributed by atoms with Crippen molar-refractivity contribution in [3.8, 4) is 6.07 Å². The van der Waals surface area contributed by atoms with Crippen LogP contribution in [0.2, 0.25) is 0 Å². The van der Waals surface area contributed by atoms with Crippen molar-refractivity contribution in [1.82, 2.24) is 5.32 Å². The molecule has 2 unspecified atom stereocenters. The molecule has 1 aromatic carbocycles. The number of nitrogens with zero attached hydrogens (tertiary/aromatic N) is 2. The summed E-state index contributed by atoms with van der Waals surface area (Å²) in [5, 5.41) is 12.5. The Morgan fingerprint density at radius 3 is 2.95 bits per heavy atom. The number of aryl methyl sites for hydroxylation is 1. The monoisotopic (exact) mass is 257 g/mol. The van der Waals surface area contributed by atoms with Crippen LogP contribution in [0, 0.1) is 25.2 Å². The van der Waals surface area contributed by atoms with E-state index >= 15 is 0 Å². The summed E-state index contributed by atoms with van der Waals surface area (Å²) in [7, 11) is 0. The molecule has 0 radical (unpaired) electrons. The minimum absolute atomic E-state index is 0.266. The Balaban J connectivity index is 2.23. The molecular weight excluding hydrogens is 234 g/mol. The van der Waals surface area contributed by atoms with Gasteiger partial charge in [-0.2, -0.15) is 5.26 Å². The molecule has 1 heterocycles. The standard InChI is InChI=1S/C16H23N3/c1-12-5-4-6-16(14(12)3)19-10-8-13(2)18-15(11-19)7-9-17/h4-6,13,15,18H,7-8,10-11H2,1-3H3. The van der Waals surface area contributed by atoms with Crippen molar-refractivity contribution in [3.05, 3.63) is 29.3 Å². The van der Waals surface area contributed by atoms with Crippen LogP contribution in [0.15, 0.2) is 18.2 Å². The van der Waals surface area contributed by atoms with Crippen molar-refractivity contribution >= 4 is 5.69 Å². The third-order valence-corrected chi connectivity index (χ3v) is 4.05. The largest absolute Gasteiger partial charge is 0.370 e. The van der Waals surface area contributed by atoms with Gasteiger partial charge in [0.05, 0.1) is 12.5 Å². The van der Waals surface area contributed by atoms with Crippen LogP contribution in [0.4, 0.5) is 5.69 Å². The number of benzene rings is 1. The van der Waals surface area contributed by atoms with Crippen LogP contribution in [0.1, 0.15) is 30.9 Å². The van der Waals surface area contributed by atoms with Gasteiger partial charge in [-0.3, -0.25) is 0 Å². The van der Waals surface area contributed by atoms with Gasteiger partial charge in [-0.1, -0.05) is 12.1 Å². The van der Waals surface area contributed by atoms with Crippen LogP contribution in [-0.4, -0.2) is 25.2 Å².